The quantitative estimate of drug-likeness (QED) is 0.429. The van der Waals surface area contributed by atoms with E-state index < -0.39 is 0 Å². The number of hydrogen-bond donors (Lipinski definition) is 2. The second kappa shape index (κ2) is 11.1. The Balaban J connectivity index is 1.27. The lowest BCUT2D eigenvalue weighted by atomic mass is 10.0. The van der Waals surface area contributed by atoms with Gasteiger partial charge in [-0.3, -0.25) is 14.6 Å². The zero-order valence-electron chi connectivity index (χ0n) is 20.1. The summed E-state index contributed by atoms with van der Waals surface area (Å²) in [4.78, 5) is 7.01. The predicted molar refractivity (Wildman–Crippen MR) is 135 cm³/mol. The molecule has 1 aliphatic heterocycles. The van der Waals surface area contributed by atoms with Gasteiger partial charge in [-0.05, 0) is 37.8 Å². The van der Waals surface area contributed by atoms with E-state index in [1.807, 2.05) is 13.1 Å². The topological polar surface area (TPSA) is 57.5 Å². The van der Waals surface area contributed by atoms with Crippen LogP contribution in [0.4, 0.5) is 0 Å². The molecule has 0 bridgehead atoms. The van der Waals surface area contributed by atoms with Crippen molar-refractivity contribution in [3.63, 3.8) is 0 Å². The second-order valence-electron chi connectivity index (χ2n) is 8.90. The number of piperidine rings is 1. The minimum Gasteiger partial charge on any atom is -0.354 e. The molecule has 6 heteroatoms. The molecule has 0 aliphatic carbocycles. The van der Waals surface area contributed by atoms with Gasteiger partial charge in [-0.1, -0.05) is 60.7 Å². The number of aliphatic imine (C=N–C) groups is 1. The predicted octanol–water partition coefficient (Wildman–Crippen LogP) is 3.88. The fourth-order valence-electron chi connectivity index (χ4n) is 4.54. The minimum atomic E-state index is 0.450. The van der Waals surface area contributed by atoms with Crippen LogP contribution < -0.4 is 10.6 Å². The van der Waals surface area contributed by atoms with Gasteiger partial charge in [0.05, 0.1) is 12.2 Å². The van der Waals surface area contributed by atoms with Crippen LogP contribution in [-0.4, -0.2) is 46.8 Å². The van der Waals surface area contributed by atoms with Crippen molar-refractivity contribution in [2.24, 2.45) is 4.99 Å². The van der Waals surface area contributed by atoms with Crippen LogP contribution >= 0.6 is 0 Å². The third-order valence-electron chi connectivity index (χ3n) is 6.54. The maximum Gasteiger partial charge on any atom is 0.191 e. The number of hydrogen-bond acceptors (Lipinski definition) is 3. The Bertz CT molecular complexity index is 1030. The highest BCUT2D eigenvalue weighted by Gasteiger charge is 2.20. The zero-order chi connectivity index (χ0) is 23.0. The van der Waals surface area contributed by atoms with E-state index in [9.17, 15) is 0 Å². The second-order valence-corrected chi connectivity index (χ2v) is 8.90. The lowest BCUT2D eigenvalue weighted by Crippen LogP contribution is -2.48. The van der Waals surface area contributed by atoms with Crippen molar-refractivity contribution in [2.45, 2.75) is 52.4 Å². The number of guanidine groups is 1. The number of nitrogens with one attached hydrogen (secondary N) is 2. The molecule has 0 spiro atoms. The van der Waals surface area contributed by atoms with Gasteiger partial charge in [0, 0.05) is 50.5 Å². The third kappa shape index (κ3) is 6.23. The highest BCUT2D eigenvalue weighted by atomic mass is 15.3. The van der Waals surface area contributed by atoms with Gasteiger partial charge in [-0.15, -0.1) is 0 Å². The Morgan fingerprint density at radius 2 is 1.55 bits per heavy atom. The first-order valence-electron chi connectivity index (χ1n) is 11.9. The van der Waals surface area contributed by atoms with Gasteiger partial charge < -0.3 is 10.6 Å². The Kier molecular flexibility index (Phi) is 7.79. The Hall–Kier alpha value is -3.12. The largest absolute Gasteiger partial charge is 0.354 e. The molecular weight excluding hydrogens is 408 g/mol. The molecule has 6 nitrogen and oxygen atoms in total. The van der Waals surface area contributed by atoms with Crippen molar-refractivity contribution >= 4 is 5.96 Å². The Morgan fingerprint density at radius 1 is 0.939 bits per heavy atom. The van der Waals surface area contributed by atoms with Crippen LogP contribution in [0.3, 0.4) is 0 Å². The van der Waals surface area contributed by atoms with Gasteiger partial charge in [0.25, 0.3) is 0 Å². The highest BCUT2D eigenvalue weighted by Crippen LogP contribution is 2.16. The number of rotatable bonds is 7. The van der Waals surface area contributed by atoms with E-state index in [2.05, 4.69) is 93.7 Å². The summed E-state index contributed by atoms with van der Waals surface area (Å²) >= 11 is 0. The summed E-state index contributed by atoms with van der Waals surface area (Å²) in [5.74, 6) is 0.867. The number of likely N-dealkylation sites (tertiary alicyclic amines) is 1. The lowest BCUT2D eigenvalue weighted by molar-refractivity contribution is 0.198. The van der Waals surface area contributed by atoms with Crippen LogP contribution in [0.25, 0.3) is 0 Å². The summed E-state index contributed by atoms with van der Waals surface area (Å²) in [5.41, 5.74) is 6.17. The van der Waals surface area contributed by atoms with E-state index in [1.54, 1.807) is 0 Å². The van der Waals surface area contributed by atoms with E-state index in [0.29, 0.717) is 6.04 Å². The third-order valence-corrected chi connectivity index (χ3v) is 6.54. The fourth-order valence-corrected chi connectivity index (χ4v) is 4.54. The molecule has 0 radical (unpaired) electrons. The molecule has 0 atom stereocenters. The molecule has 2 aromatic carbocycles. The van der Waals surface area contributed by atoms with Crippen molar-refractivity contribution < 1.29 is 0 Å². The van der Waals surface area contributed by atoms with Gasteiger partial charge in [-0.25, -0.2) is 0 Å². The molecule has 1 saturated heterocycles. The summed E-state index contributed by atoms with van der Waals surface area (Å²) in [6, 6.07) is 21.7. The first-order chi connectivity index (χ1) is 16.1. The number of nitrogens with zero attached hydrogens (tertiary/aromatic N) is 4. The molecule has 1 aliphatic rings. The number of benzene rings is 2. The Morgan fingerprint density at radius 3 is 2.15 bits per heavy atom. The minimum absolute atomic E-state index is 0.450. The highest BCUT2D eigenvalue weighted by molar-refractivity contribution is 5.80. The molecule has 2 heterocycles. The average molecular weight is 445 g/mol. The summed E-state index contributed by atoms with van der Waals surface area (Å²) in [6.45, 7) is 9.00. The SMILES string of the molecule is CN=C(NCc1c(C)nn(Cc2ccccc2)c1C)NC1CCN(Cc2ccccc2)CC1. The van der Waals surface area contributed by atoms with E-state index in [4.69, 9.17) is 5.10 Å². The maximum atomic E-state index is 4.78. The molecule has 0 saturated carbocycles. The summed E-state index contributed by atoms with van der Waals surface area (Å²) in [6.07, 6.45) is 2.25. The molecule has 3 aromatic rings. The van der Waals surface area contributed by atoms with Crippen LogP contribution in [-0.2, 0) is 19.6 Å². The van der Waals surface area contributed by atoms with Crippen LogP contribution in [0.15, 0.2) is 65.7 Å². The van der Waals surface area contributed by atoms with Crippen molar-refractivity contribution in [2.75, 3.05) is 20.1 Å². The summed E-state index contributed by atoms with van der Waals surface area (Å²) in [7, 11) is 1.85. The van der Waals surface area contributed by atoms with Crippen LogP contribution in [0, 0.1) is 13.8 Å². The van der Waals surface area contributed by atoms with Gasteiger partial charge in [-0.2, -0.15) is 5.10 Å². The molecule has 4 rings (SSSR count). The lowest BCUT2D eigenvalue weighted by Gasteiger charge is -2.33. The zero-order valence-corrected chi connectivity index (χ0v) is 20.1. The summed E-state index contributed by atoms with van der Waals surface area (Å²) in [5, 5.41) is 11.9. The maximum absolute atomic E-state index is 4.78. The molecular formula is C27H36N6. The van der Waals surface area contributed by atoms with E-state index >= 15 is 0 Å². The molecule has 174 valence electrons. The van der Waals surface area contributed by atoms with Crippen LogP contribution in [0.1, 0.15) is 40.9 Å². The smallest absolute Gasteiger partial charge is 0.191 e. The van der Waals surface area contributed by atoms with E-state index in [-0.39, 0.29) is 0 Å². The molecule has 0 amide bonds. The van der Waals surface area contributed by atoms with E-state index in [0.717, 1.165) is 57.2 Å². The van der Waals surface area contributed by atoms with Gasteiger partial charge >= 0.3 is 0 Å². The van der Waals surface area contributed by atoms with Gasteiger partial charge in [0.1, 0.15) is 0 Å². The fraction of sp³-hybridized carbons (Fsp3) is 0.407. The van der Waals surface area contributed by atoms with Crippen molar-refractivity contribution in [3.8, 4) is 0 Å². The van der Waals surface area contributed by atoms with Crippen molar-refractivity contribution in [1.82, 2.24) is 25.3 Å². The van der Waals surface area contributed by atoms with Gasteiger partial charge in [0.2, 0.25) is 0 Å². The van der Waals surface area contributed by atoms with Crippen LogP contribution in [0.5, 0.6) is 0 Å². The number of aromatic nitrogens is 2. The average Bonchev–Trinajstić information content (AvgIpc) is 3.11. The Labute approximate surface area is 197 Å². The molecule has 1 fully saturated rings. The molecule has 33 heavy (non-hydrogen) atoms. The standard InChI is InChI=1S/C27H36N6/c1-21-26(22(2)33(31-21)20-24-12-8-5-9-13-24)18-29-27(28-3)30-25-14-16-32(17-15-25)19-23-10-6-4-7-11-23/h4-13,25H,14-20H2,1-3H3,(H2,28,29,30). The van der Waals surface area contributed by atoms with Crippen molar-refractivity contribution in [3.05, 3.63) is 88.7 Å². The molecule has 0 unspecified atom stereocenters. The van der Waals surface area contributed by atoms with Gasteiger partial charge in [0.15, 0.2) is 5.96 Å². The molecule has 1 aromatic heterocycles. The van der Waals surface area contributed by atoms with Crippen molar-refractivity contribution in [1.29, 1.82) is 0 Å². The first-order valence-corrected chi connectivity index (χ1v) is 11.9. The number of aryl methyl sites for hydroxylation is 1. The monoisotopic (exact) mass is 444 g/mol. The van der Waals surface area contributed by atoms with E-state index in [1.165, 1.54) is 22.4 Å². The summed E-state index contributed by atoms with van der Waals surface area (Å²) < 4.78 is 2.10. The first kappa shape index (κ1) is 23.1. The van der Waals surface area contributed by atoms with Crippen LogP contribution in [0.2, 0.25) is 0 Å². The normalized spacial score (nSPS) is 15.5. The molecule has 2 N–H and O–H groups in total.